The van der Waals surface area contributed by atoms with Crippen LogP contribution in [0, 0.1) is 0 Å². The Bertz CT molecular complexity index is 1160. The first-order valence-electron chi connectivity index (χ1n) is 11.1. The van der Waals surface area contributed by atoms with Gasteiger partial charge in [0.25, 0.3) is 5.91 Å². The molecule has 2 aromatic carbocycles. The van der Waals surface area contributed by atoms with Crippen LogP contribution in [0.1, 0.15) is 58.9 Å². The number of anilines is 1. The van der Waals surface area contributed by atoms with Crippen LogP contribution in [-0.2, 0) is 14.3 Å². The number of carbonyl (C=O) groups is 4. The molecular formula is C26H26N2O5S2. The highest BCUT2D eigenvalue weighted by atomic mass is 32.2. The Labute approximate surface area is 213 Å². The van der Waals surface area contributed by atoms with Gasteiger partial charge in [0, 0.05) is 24.2 Å². The summed E-state index contributed by atoms with van der Waals surface area (Å²) in [6.45, 7) is 2.00. The summed E-state index contributed by atoms with van der Waals surface area (Å²) in [5, 5.41) is 2.82. The summed E-state index contributed by atoms with van der Waals surface area (Å²) in [4.78, 5) is 49.9. The van der Waals surface area contributed by atoms with Crippen molar-refractivity contribution in [3.8, 4) is 0 Å². The molecule has 1 aliphatic rings. The number of esters is 1. The molecule has 0 saturated carbocycles. The van der Waals surface area contributed by atoms with Gasteiger partial charge in [-0.2, -0.15) is 0 Å². The normalized spacial score (nSPS) is 14.3. The third kappa shape index (κ3) is 7.34. The second kappa shape index (κ2) is 12.4. The van der Waals surface area contributed by atoms with E-state index in [1.54, 1.807) is 59.5 Å². The van der Waals surface area contributed by atoms with Gasteiger partial charge in [-0.15, -0.1) is 0 Å². The number of nitrogens with one attached hydrogen (secondary N) is 1. The van der Waals surface area contributed by atoms with Gasteiger partial charge in [0.2, 0.25) is 5.91 Å². The van der Waals surface area contributed by atoms with Crippen molar-refractivity contribution < 1.29 is 23.9 Å². The first-order valence-corrected chi connectivity index (χ1v) is 12.4. The van der Waals surface area contributed by atoms with Crippen LogP contribution in [-0.4, -0.2) is 46.4 Å². The molecule has 1 saturated heterocycles. The van der Waals surface area contributed by atoms with E-state index in [1.165, 1.54) is 25.8 Å². The van der Waals surface area contributed by atoms with Crippen LogP contribution in [0.25, 0.3) is 6.08 Å². The van der Waals surface area contributed by atoms with Crippen molar-refractivity contribution in [1.82, 2.24) is 4.90 Å². The predicted molar refractivity (Wildman–Crippen MR) is 141 cm³/mol. The summed E-state index contributed by atoms with van der Waals surface area (Å²) in [6.07, 6.45) is 4.33. The highest BCUT2D eigenvalue weighted by molar-refractivity contribution is 8.26. The molecule has 0 atom stereocenters. The molecule has 9 heteroatoms. The van der Waals surface area contributed by atoms with E-state index >= 15 is 0 Å². The minimum atomic E-state index is -0.413. The zero-order valence-electron chi connectivity index (χ0n) is 19.5. The number of hydrogen-bond donors (Lipinski definition) is 1. The smallest absolute Gasteiger partial charge is 0.337 e. The number of carbonyl (C=O) groups excluding carboxylic acids is 4. The molecule has 0 unspecified atom stereocenters. The summed E-state index contributed by atoms with van der Waals surface area (Å²) in [6, 6.07) is 13.6. The molecule has 1 heterocycles. The first-order chi connectivity index (χ1) is 16.8. The van der Waals surface area contributed by atoms with Gasteiger partial charge in [0.1, 0.15) is 4.32 Å². The molecule has 1 N–H and O–H groups in total. The van der Waals surface area contributed by atoms with Gasteiger partial charge in [0.05, 0.1) is 17.6 Å². The lowest BCUT2D eigenvalue weighted by Crippen LogP contribution is -2.29. The number of hydrogen-bond acceptors (Lipinski definition) is 7. The third-order valence-corrected chi connectivity index (χ3v) is 6.74. The number of ketones is 1. The summed E-state index contributed by atoms with van der Waals surface area (Å²) in [5.41, 5.74) is 2.49. The molecule has 7 nitrogen and oxygen atoms in total. The zero-order chi connectivity index (χ0) is 25.4. The monoisotopic (exact) mass is 510 g/mol. The van der Waals surface area contributed by atoms with Crippen LogP contribution in [0.2, 0.25) is 0 Å². The molecule has 0 radical (unpaired) electrons. The highest BCUT2D eigenvalue weighted by Crippen LogP contribution is 2.32. The Kier molecular flexibility index (Phi) is 9.33. The highest BCUT2D eigenvalue weighted by Gasteiger charge is 2.31. The van der Waals surface area contributed by atoms with Crippen LogP contribution in [0.15, 0.2) is 53.4 Å². The summed E-state index contributed by atoms with van der Waals surface area (Å²) >= 11 is 6.64. The number of thiocarbonyl (C=S) groups is 1. The fourth-order valence-electron chi connectivity index (χ4n) is 3.42. The number of methoxy groups -OCH3 is 1. The maximum atomic E-state index is 12.8. The fourth-order valence-corrected chi connectivity index (χ4v) is 4.73. The van der Waals surface area contributed by atoms with Gasteiger partial charge in [-0.25, -0.2) is 4.79 Å². The van der Waals surface area contributed by atoms with Crippen LogP contribution >= 0.6 is 24.0 Å². The van der Waals surface area contributed by atoms with Gasteiger partial charge in [0.15, 0.2) is 5.78 Å². The Morgan fingerprint density at radius 2 is 1.66 bits per heavy atom. The summed E-state index contributed by atoms with van der Waals surface area (Å²) in [5.74, 6) is -0.658. The van der Waals surface area contributed by atoms with Gasteiger partial charge in [-0.1, -0.05) is 42.5 Å². The number of amides is 2. The molecule has 0 spiro atoms. The molecule has 0 aromatic heterocycles. The molecular weight excluding hydrogens is 484 g/mol. The topological polar surface area (TPSA) is 92.8 Å². The molecule has 3 rings (SSSR count). The standard InChI is InChI=1S/C26H26N2O5S2/c1-17(29)19-11-13-21(14-12-19)27-23(30)6-4-3-5-15-28-24(31)22(35-26(28)34)16-18-7-9-20(10-8-18)25(32)33-2/h7-14,16H,3-6,15H2,1-2H3,(H,27,30)/b22-16-. The van der Waals surface area contributed by atoms with Crippen LogP contribution in [0.4, 0.5) is 5.69 Å². The van der Waals surface area contributed by atoms with Gasteiger partial charge in [-0.05, 0) is 67.8 Å². The second-order valence-corrected chi connectivity index (χ2v) is 9.62. The number of thioether (sulfide) groups is 1. The van der Waals surface area contributed by atoms with Crippen molar-refractivity contribution in [2.24, 2.45) is 0 Å². The number of Topliss-reactive ketones (excluding diaryl/α,β-unsaturated/α-hetero) is 1. The van der Waals surface area contributed by atoms with Crippen molar-refractivity contribution in [2.45, 2.75) is 32.6 Å². The summed E-state index contributed by atoms with van der Waals surface area (Å²) < 4.78 is 5.20. The van der Waals surface area contributed by atoms with E-state index in [-0.39, 0.29) is 17.6 Å². The van der Waals surface area contributed by atoms with Gasteiger partial charge < -0.3 is 10.1 Å². The van der Waals surface area contributed by atoms with Crippen molar-refractivity contribution in [2.75, 3.05) is 19.0 Å². The predicted octanol–water partition coefficient (Wildman–Crippen LogP) is 5.08. The average molecular weight is 511 g/mol. The largest absolute Gasteiger partial charge is 0.465 e. The third-order valence-electron chi connectivity index (χ3n) is 5.36. The Hall–Kier alpha value is -3.30. The lowest BCUT2D eigenvalue weighted by Gasteiger charge is -2.14. The molecule has 2 aromatic rings. The fraction of sp³-hybridized carbons (Fsp3) is 0.269. The number of benzene rings is 2. The Morgan fingerprint density at radius 1 is 1.00 bits per heavy atom. The number of unbranched alkanes of at least 4 members (excludes halogenated alkanes) is 2. The van der Waals surface area contributed by atoms with Crippen LogP contribution in [0.3, 0.4) is 0 Å². The van der Waals surface area contributed by atoms with Crippen LogP contribution < -0.4 is 5.32 Å². The first kappa shape index (κ1) is 26.3. The molecule has 0 bridgehead atoms. The maximum absolute atomic E-state index is 12.8. The zero-order valence-corrected chi connectivity index (χ0v) is 21.2. The number of ether oxygens (including phenoxy) is 1. The SMILES string of the molecule is COC(=O)c1ccc(/C=C2\SC(=S)N(CCCCCC(=O)Nc3ccc(C(C)=O)cc3)C2=O)cc1. The van der Waals surface area contributed by atoms with E-state index in [0.717, 1.165) is 18.4 Å². The minimum Gasteiger partial charge on any atom is -0.465 e. The quantitative estimate of drug-likeness (QED) is 0.157. The van der Waals surface area contributed by atoms with E-state index in [2.05, 4.69) is 5.32 Å². The van der Waals surface area contributed by atoms with E-state index in [0.29, 0.717) is 45.4 Å². The lowest BCUT2D eigenvalue weighted by molar-refractivity contribution is -0.122. The van der Waals surface area contributed by atoms with Crippen molar-refractivity contribution in [1.29, 1.82) is 0 Å². The molecule has 0 aliphatic carbocycles. The van der Waals surface area contributed by atoms with E-state index < -0.39 is 5.97 Å². The molecule has 35 heavy (non-hydrogen) atoms. The van der Waals surface area contributed by atoms with E-state index in [4.69, 9.17) is 17.0 Å². The molecule has 2 amide bonds. The van der Waals surface area contributed by atoms with Crippen molar-refractivity contribution in [3.05, 3.63) is 70.1 Å². The second-order valence-electron chi connectivity index (χ2n) is 7.94. The van der Waals surface area contributed by atoms with E-state index in [9.17, 15) is 19.2 Å². The summed E-state index contributed by atoms with van der Waals surface area (Å²) in [7, 11) is 1.33. The van der Waals surface area contributed by atoms with Gasteiger partial charge >= 0.3 is 5.97 Å². The minimum absolute atomic E-state index is 0.0193. The molecule has 1 fully saturated rings. The molecule has 1 aliphatic heterocycles. The van der Waals surface area contributed by atoms with E-state index in [1.807, 2.05) is 0 Å². The lowest BCUT2D eigenvalue weighted by atomic mass is 10.1. The van der Waals surface area contributed by atoms with Crippen LogP contribution in [0.5, 0.6) is 0 Å². The van der Waals surface area contributed by atoms with Crippen molar-refractivity contribution in [3.63, 3.8) is 0 Å². The maximum Gasteiger partial charge on any atom is 0.337 e. The molecule has 182 valence electrons. The van der Waals surface area contributed by atoms with Gasteiger partial charge in [-0.3, -0.25) is 19.3 Å². The Morgan fingerprint density at radius 3 is 2.29 bits per heavy atom. The average Bonchev–Trinajstić information content (AvgIpc) is 3.11. The Balaban J connectivity index is 1.42. The number of rotatable bonds is 10. The van der Waals surface area contributed by atoms with Crippen molar-refractivity contribution >= 4 is 63.6 Å². The number of nitrogens with zero attached hydrogens (tertiary/aromatic N) is 1.